The fourth-order valence-electron chi connectivity index (χ4n) is 2.53. The van der Waals surface area contributed by atoms with Crippen LogP contribution in [0.3, 0.4) is 0 Å². The summed E-state index contributed by atoms with van der Waals surface area (Å²) >= 11 is 0. The maximum absolute atomic E-state index is 6.14. The molecule has 0 unspecified atom stereocenters. The molecule has 2 aromatic rings. The van der Waals surface area contributed by atoms with Gasteiger partial charge in [0, 0.05) is 11.8 Å². The molecule has 0 spiro atoms. The minimum atomic E-state index is -0.400. The first kappa shape index (κ1) is 13.0. The van der Waals surface area contributed by atoms with E-state index in [1.54, 1.807) is 0 Å². The molecule has 2 heterocycles. The maximum Gasteiger partial charge on any atom is 0.178 e. The number of aromatic nitrogens is 1. The first-order valence-corrected chi connectivity index (χ1v) is 6.95. The fraction of sp³-hybridized carbons (Fsp3) is 0.353. The zero-order chi connectivity index (χ0) is 14.3. The van der Waals surface area contributed by atoms with E-state index in [2.05, 4.69) is 49.7 Å². The molecular formula is C17H20N2O. The molecule has 0 radical (unpaired) electrons. The molecule has 1 aromatic carbocycles. The lowest BCUT2D eigenvalue weighted by Crippen LogP contribution is -2.51. The molecule has 0 fully saturated rings. The SMILES string of the molecule is Cc1cnc(N2Cc3ccccc3OC2(C)C)cc1C. The Hall–Kier alpha value is -2.03. The quantitative estimate of drug-likeness (QED) is 0.786. The molecule has 1 aromatic heterocycles. The van der Waals surface area contributed by atoms with Gasteiger partial charge in [-0.05, 0) is 51.0 Å². The number of fused-ring (bicyclic) bond motifs is 1. The van der Waals surface area contributed by atoms with E-state index in [9.17, 15) is 0 Å². The highest BCUT2D eigenvalue weighted by atomic mass is 16.5. The van der Waals surface area contributed by atoms with Crippen molar-refractivity contribution >= 4 is 5.82 Å². The van der Waals surface area contributed by atoms with E-state index in [0.717, 1.165) is 18.1 Å². The van der Waals surface area contributed by atoms with Crippen LogP contribution in [-0.2, 0) is 6.54 Å². The van der Waals surface area contributed by atoms with Gasteiger partial charge >= 0.3 is 0 Å². The Bertz CT molecular complexity index is 649. The highest BCUT2D eigenvalue weighted by Gasteiger charge is 2.35. The summed E-state index contributed by atoms with van der Waals surface area (Å²) in [6.07, 6.45) is 1.93. The minimum absolute atomic E-state index is 0.400. The van der Waals surface area contributed by atoms with E-state index in [-0.39, 0.29) is 0 Å². The molecule has 0 saturated heterocycles. The lowest BCUT2D eigenvalue weighted by atomic mass is 10.1. The highest BCUT2D eigenvalue weighted by Crippen LogP contribution is 2.36. The molecule has 1 aliphatic rings. The van der Waals surface area contributed by atoms with E-state index in [1.807, 2.05) is 24.4 Å². The summed E-state index contributed by atoms with van der Waals surface area (Å²) in [5, 5.41) is 0. The van der Waals surface area contributed by atoms with Gasteiger partial charge in [0.15, 0.2) is 5.72 Å². The van der Waals surface area contributed by atoms with Crippen molar-refractivity contribution in [3.8, 4) is 5.75 Å². The van der Waals surface area contributed by atoms with Crippen LogP contribution >= 0.6 is 0 Å². The molecule has 0 N–H and O–H groups in total. The van der Waals surface area contributed by atoms with Crippen molar-refractivity contribution in [3.05, 3.63) is 53.2 Å². The number of ether oxygens (including phenoxy) is 1. The van der Waals surface area contributed by atoms with E-state index in [0.29, 0.717) is 0 Å². The molecule has 0 aliphatic carbocycles. The fourth-order valence-corrected chi connectivity index (χ4v) is 2.53. The van der Waals surface area contributed by atoms with Crippen molar-refractivity contribution in [3.63, 3.8) is 0 Å². The summed E-state index contributed by atoms with van der Waals surface area (Å²) in [7, 11) is 0. The van der Waals surface area contributed by atoms with Crippen LogP contribution in [0.2, 0.25) is 0 Å². The predicted molar refractivity (Wildman–Crippen MR) is 81.0 cm³/mol. The zero-order valence-corrected chi connectivity index (χ0v) is 12.5. The van der Waals surface area contributed by atoms with Crippen molar-refractivity contribution in [2.45, 2.75) is 40.0 Å². The van der Waals surface area contributed by atoms with E-state index >= 15 is 0 Å². The standard InChI is InChI=1S/C17H20N2O/c1-12-9-16(18-10-13(12)2)19-11-14-7-5-6-8-15(14)20-17(19,3)4/h5-10H,11H2,1-4H3. The lowest BCUT2D eigenvalue weighted by molar-refractivity contribution is 0.0865. The molecule has 0 atom stereocenters. The van der Waals surface area contributed by atoms with Gasteiger partial charge in [0.1, 0.15) is 11.6 Å². The van der Waals surface area contributed by atoms with Crippen LogP contribution in [0.5, 0.6) is 5.75 Å². The van der Waals surface area contributed by atoms with Gasteiger partial charge < -0.3 is 9.64 Å². The first-order valence-electron chi connectivity index (χ1n) is 6.95. The third-order valence-corrected chi connectivity index (χ3v) is 3.95. The molecule has 20 heavy (non-hydrogen) atoms. The molecule has 1 aliphatic heterocycles. The number of para-hydroxylation sites is 1. The molecule has 0 amide bonds. The van der Waals surface area contributed by atoms with Gasteiger partial charge in [-0.25, -0.2) is 4.98 Å². The van der Waals surface area contributed by atoms with Crippen molar-refractivity contribution in [2.24, 2.45) is 0 Å². The third-order valence-electron chi connectivity index (χ3n) is 3.95. The van der Waals surface area contributed by atoms with Crippen LogP contribution < -0.4 is 9.64 Å². The Morgan fingerprint density at radius 3 is 2.65 bits per heavy atom. The van der Waals surface area contributed by atoms with Gasteiger partial charge in [0.05, 0.1) is 6.54 Å². The number of aryl methyl sites for hydroxylation is 2. The Balaban J connectivity index is 2.03. The van der Waals surface area contributed by atoms with Gasteiger partial charge in [-0.1, -0.05) is 18.2 Å². The number of hydrogen-bond donors (Lipinski definition) is 0. The number of rotatable bonds is 1. The monoisotopic (exact) mass is 268 g/mol. The van der Waals surface area contributed by atoms with Gasteiger partial charge in [0.2, 0.25) is 0 Å². The van der Waals surface area contributed by atoms with Crippen LogP contribution in [0.1, 0.15) is 30.5 Å². The summed E-state index contributed by atoms with van der Waals surface area (Å²) in [6.45, 7) is 9.18. The average Bonchev–Trinajstić information content (AvgIpc) is 2.40. The van der Waals surface area contributed by atoms with E-state index in [1.165, 1.54) is 16.7 Å². The number of anilines is 1. The third kappa shape index (κ3) is 2.13. The molecule has 104 valence electrons. The highest BCUT2D eigenvalue weighted by molar-refractivity contribution is 5.49. The van der Waals surface area contributed by atoms with Crippen molar-refractivity contribution in [1.82, 2.24) is 4.98 Å². The average molecular weight is 268 g/mol. The van der Waals surface area contributed by atoms with E-state index < -0.39 is 5.72 Å². The summed E-state index contributed by atoms with van der Waals surface area (Å²) < 4.78 is 6.14. The molecule has 3 heteroatoms. The van der Waals surface area contributed by atoms with Gasteiger partial charge in [-0.2, -0.15) is 0 Å². The minimum Gasteiger partial charge on any atom is -0.468 e. The van der Waals surface area contributed by atoms with Crippen LogP contribution in [0.15, 0.2) is 36.5 Å². The number of hydrogen-bond acceptors (Lipinski definition) is 3. The van der Waals surface area contributed by atoms with Crippen molar-refractivity contribution in [2.75, 3.05) is 4.90 Å². The summed E-state index contributed by atoms with van der Waals surface area (Å²) in [4.78, 5) is 6.79. The molecular weight excluding hydrogens is 248 g/mol. The number of benzene rings is 1. The molecule has 0 saturated carbocycles. The molecule has 3 nitrogen and oxygen atoms in total. The normalized spacial score (nSPS) is 16.5. The first-order chi connectivity index (χ1) is 9.47. The largest absolute Gasteiger partial charge is 0.468 e. The molecule has 3 rings (SSSR count). The van der Waals surface area contributed by atoms with Crippen molar-refractivity contribution in [1.29, 1.82) is 0 Å². The Morgan fingerprint density at radius 2 is 1.90 bits per heavy atom. The predicted octanol–water partition coefficient (Wildman–Crippen LogP) is 3.83. The topological polar surface area (TPSA) is 25.4 Å². The summed E-state index contributed by atoms with van der Waals surface area (Å²) in [6, 6.07) is 10.3. The zero-order valence-electron chi connectivity index (χ0n) is 12.5. The lowest BCUT2D eigenvalue weighted by Gasteiger charge is -2.43. The Kier molecular flexibility index (Phi) is 2.93. The van der Waals surface area contributed by atoms with Crippen LogP contribution in [-0.4, -0.2) is 10.7 Å². The summed E-state index contributed by atoms with van der Waals surface area (Å²) in [5.41, 5.74) is 3.27. The van der Waals surface area contributed by atoms with Crippen LogP contribution in [0, 0.1) is 13.8 Å². The van der Waals surface area contributed by atoms with Crippen LogP contribution in [0.4, 0.5) is 5.82 Å². The number of nitrogens with zero attached hydrogens (tertiary/aromatic N) is 2. The Morgan fingerprint density at radius 1 is 1.15 bits per heavy atom. The van der Waals surface area contributed by atoms with Gasteiger partial charge in [-0.15, -0.1) is 0 Å². The second kappa shape index (κ2) is 4.51. The van der Waals surface area contributed by atoms with Crippen molar-refractivity contribution < 1.29 is 4.74 Å². The van der Waals surface area contributed by atoms with E-state index in [4.69, 9.17) is 4.74 Å². The van der Waals surface area contributed by atoms with Crippen LogP contribution in [0.25, 0.3) is 0 Å². The second-order valence-electron chi connectivity index (χ2n) is 5.87. The molecule has 0 bridgehead atoms. The number of pyridine rings is 1. The second-order valence-corrected chi connectivity index (χ2v) is 5.87. The maximum atomic E-state index is 6.14. The summed E-state index contributed by atoms with van der Waals surface area (Å²) in [5.74, 6) is 1.94. The Labute approximate surface area is 120 Å². The van der Waals surface area contributed by atoms with Gasteiger partial charge in [-0.3, -0.25) is 0 Å². The van der Waals surface area contributed by atoms with Gasteiger partial charge in [0.25, 0.3) is 0 Å². The smallest absolute Gasteiger partial charge is 0.178 e.